The zero-order chi connectivity index (χ0) is 14.4. The molecule has 0 aliphatic rings. The molecule has 0 saturated heterocycles. The first-order chi connectivity index (χ1) is 9.74. The molecule has 2 aromatic rings. The summed E-state index contributed by atoms with van der Waals surface area (Å²) < 4.78 is 5.22. The van der Waals surface area contributed by atoms with Crippen molar-refractivity contribution >= 4 is 11.9 Å². The average Bonchev–Trinajstić information content (AvgIpc) is 2.53. The maximum absolute atomic E-state index is 12.0. The minimum Gasteiger partial charge on any atom is -0.496 e. The molecule has 0 N–H and O–H groups in total. The molecule has 0 atom stereocenters. The number of rotatable bonds is 4. The van der Waals surface area contributed by atoms with Crippen LogP contribution in [-0.2, 0) is 0 Å². The van der Waals surface area contributed by atoms with Gasteiger partial charge in [-0.1, -0.05) is 18.2 Å². The molecule has 0 saturated carbocycles. The van der Waals surface area contributed by atoms with Gasteiger partial charge in [0.1, 0.15) is 5.75 Å². The van der Waals surface area contributed by atoms with Crippen LogP contribution in [0, 0.1) is 11.3 Å². The summed E-state index contributed by atoms with van der Waals surface area (Å²) in [6.07, 6.45) is 3.22. The summed E-state index contributed by atoms with van der Waals surface area (Å²) in [6.45, 7) is 0. The van der Waals surface area contributed by atoms with E-state index in [4.69, 9.17) is 10.00 Å². The van der Waals surface area contributed by atoms with Crippen LogP contribution in [0.15, 0.2) is 54.6 Å². The van der Waals surface area contributed by atoms with Crippen molar-refractivity contribution < 1.29 is 9.53 Å². The van der Waals surface area contributed by atoms with Gasteiger partial charge in [-0.15, -0.1) is 0 Å². The van der Waals surface area contributed by atoms with Crippen LogP contribution < -0.4 is 4.74 Å². The average molecular weight is 263 g/mol. The van der Waals surface area contributed by atoms with Gasteiger partial charge in [-0.05, 0) is 42.5 Å². The molecule has 0 spiro atoms. The number of nitrogens with zero attached hydrogens (tertiary/aromatic N) is 1. The minimum atomic E-state index is -0.111. The van der Waals surface area contributed by atoms with Crippen LogP contribution in [0.2, 0.25) is 0 Å². The Kier molecular flexibility index (Phi) is 4.31. The van der Waals surface area contributed by atoms with Gasteiger partial charge in [0.25, 0.3) is 0 Å². The van der Waals surface area contributed by atoms with E-state index in [0.717, 1.165) is 11.3 Å². The Morgan fingerprint density at radius 3 is 2.50 bits per heavy atom. The lowest BCUT2D eigenvalue weighted by molar-refractivity contribution is 0.104. The van der Waals surface area contributed by atoms with E-state index in [2.05, 4.69) is 0 Å². The van der Waals surface area contributed by atoms with E-state index in [1.807, 2.05) is 30.3 Å². The van der Waals surface area contributed by atoms with E-state index in [9.17, 15) is 4.79 Å². The molecule has 0 radical (unpaired) electrons. The van der Waals surface area contributed by atoms with E-state index >= 15 is 0 Å². The third-order valence-electron chi connectivity index (χ3n) is 2.85. The third-order valence-corrected chi connectivity index (χ3v) is 2.85. The topological polar surface area (TPSA) is 50.1 Å². The van der Waals surface area contributed by atoms with Gasteiger partial charge in [-0.2, -0.15) is 5.26 Å². The lowest BCUT2D eigenvalue weighted by atomic mass is 10.1. The van der Waals surface area contributed by atoms with Gasteiger partial charge >= 0.3 is 0 Å². The molecule has 0 bridgehead atoms. The summed E-state index contributed by atoms with van der Waals surface area (Å²) in [6, 6.07) is 16.0. The van der Waals surface area contributed by atoms with Crippen LogP contribution in [0.3, 0.4) is 0 Å². The summed E-state index contributed by atoms with van der Waals surface area (Å²) in [5.41, 5.74) is 1.93. The molecule has 20 heavy (non-hydrogen) atoms. The molecule has 0 heterocycles. The van der Waals surface area contributed by atoms with Gasteiger partial charge in [-0.25, -0.2) is 0 Å². The Bertz CT molecular complexity index is 679. The van der Waals surface area contributed by atoms with Crippen LogP contribution in [0.25, 0.3) is 6.08 Å². The van der Waals surface area contributed by atoms with Crippen molar-refractivity contribution in [3.8, 4) is 11.8 Å². The largest absolute Gasteiger partial charge is 0.496 e. The van der Waals surface area contributed by atoms with Gasteiger partial charge in [0.15, 0.2) is 5.78 Å². The molecule has 3 nitrogen and oxygen atoms in total. The van der Waals surface area contributed by atoms with Crippen molar-refractivity contribution in [2.45, 2.75) is 0 Å². The number of ketones is 1. The number of methoxy groups -OCH3 is 1. The number of hydrogen-bond acceptors (Lipinski definition) is 3. The summed E-state index contributed by atoms with van der Waals surface area (Å²) in [7, 11) is 1.59. The zero-order valence-electron chi connectivity index (χ0n) is 11.0. The van der Waals surface area contributed by atoms with E-state index < -0.39 is 0 Å². The second-order valence-corrected chi connectivity index (χ2v) is 4.13. The van der Waals surface area contributed by atoms with Crippen LogP contribution in [0.5, 0.6) is 5.75 Å². The van der Waals surface area contributed by atoms with E-state index in [1.54, 1.807) is 37.5 Å². The molecule has 2 aromatic carbocycles. The lowest BCUT2D eigenvalue weighted by Crippen LogP contribution is -1.94. The Hall–Kier alpha value is -2.86. The predicted molar refractivity (Wildman–Crippen MR) is 77.5 cm³/mol. The van der Waals surface area contributed by atoms with Crippen molar-refractivity contribution in [3.63, 3.8) is 0 Å². The number of para-hydroxylation sites is 1. The lowest BCUT2D eigenvalue weighted by Gasteiger charge is -2.03. The second kappa shape index (κ2) is 6.35. The highest BCUT2D eigenvalue weighted by molar-refractivity contribution is 6.07. The fraction of sp³-hybridized carbons (Fsp3) is 0.0588. The minimum absolute atomic E-state index is 0.111. The monoisotopic (exact) mass is 263 g/mol. The van der Waals surface area contributed by atoms with Crippen LogP contribution in [0.1, 0.15) is 21.5 Å². The first kappa shape index (κ1) is 13.6. The fourth-order valence-electron chi connectivity index (χ4n) is 1.77. The smallest absolute Gasteiger partial charge is 0.185 e. The molecule has 0 aliphatic heterocycles. The first-order valence-corrected chi connectivity index (χ1v) is 6.10. The van der Waals surface area contributed by atoms with Crippen molar-refractivity contribution in [2.75, 3.05) is 7.11 Å². The number of nitriles is 1. The van der Waals surface area contributed by atoms with Crippen molar-refractivity contribution in [1.29, 1.82) is 5.26 Å². The van der Waals surface area contributed by atoms with E-state index in [1.165, 1.54) is 6.08 Å². The molecule has 0 unspecified atom stereocenters. The Labute approximate surface area is 117 Å². The number of ether oxygens (including phenoxy) is 1. The summed E-state index contributed by atoms with van der Waals surface area (Å²) >= 11 is 0. The number of benzene rings is 2. The molecule has 3 heteroatoms. The quantitative estimate of drug-likeness (QED) is 0.627. The maximum atomic E-state index is 12.0. The van der Waals surface area contributed by atoms with Gasteiger partial charge in [0.2, 0.25) is 0 Å². The second-order valence-electron chi connectivity index (χ2n) is 4.13. The molecule has 98 valence electrons. The predicted octanol–water partition coefficient (Wildman–Crippen LogP) is 3.46. The summed E-state index contributed by atoms with van der Waals surface area (Å²) in [5, 5.41) is 8.71. The fourth-order valence-corrected chi connectivity index (χ4v) is 1.77. The van der Waals surface area contributed by atoms with Crippen LogP contribution in [0.4, 0.5) is 0 Å². The third kappa shape index (κ3) is 3.12. The van der Waals surface area contributed by atoms with Gasteiger partial charge in [0.05, 0.1) is 18.7 Å². The molecular weight excluding hydrogens is 250 g/mol. The summed E-state index contributed by atoms with van der Waals surface area (Å²) in [4.78, 5) is 12.0. The van der Waals surface area contributed by atoms with E-state index in [0.29, 0.717) is 11.1 Å². The Balaban J connectivity index is 2.18. The molecule has 0 aromatic heterocycles. The van der Waals surface area contributed by atoms with Crippen molar-refractivity contribution in [2.24, 2.45) is 0 Å². The highest BCUT2D eigenvalue weighted by atomic mass is 16.5. The van der Waals surface area contributed by atoms with Crippen molar-refractivity contribution in [1.82, 2.24) is 0 Å². The SMILES string of the molecule is COc1ccccc1C=CC(=O)c1ccc(C#N)cc1. The first-order valence-electron chi connectivity index (χ1n) is 6.10. The number of carbonyl (C=O) groups is 1. The number of hydrogen-bond donors (Lipinski definition) is 0. The standard InChI is InChI=1S/C17H13NO2/c1-20-17-5-3-2-4-15(17)10-11-16(19)14-8-6-13(12-18)7-9-14/h2-11H,1H3. The van der Waals surface area contributed by atoms with Crippen LogP contribution >= 0.6 is 0 Å². The normalized spacial score (nSPS) is 10.2. The molecular formula is C17H13NO2. The van der Waals surface area contributed by atoms with Crippen LogP contribution in [-0.4, -0.2) is 12.9 Å². The Morgan fingerprint density at radius 1 is 1.15 bits per heavy atom. The van der Waals surface area contributed by atoms with Gasteiger partial charge < -0.3 is 4.74 Å². The Morgan fingerprint density at radius 2 is 1.85 bits per heavy atom. The molecule has 0 amide bonds. The zero-order valence-corrected chi connectivity index (χ0v) is 11.0. The van der Waals surface area contributed by atoms with Gasteiger partial charge in [-0.3, -0.25) is 4.79 Å². The number of allylic oxidation sites excluding steroid dienone is 1. The highest BCUT2D eigenvalue weighted by Gasteiger charge is 2.03. The van der Waals surface area contributed by atoms with Gasteiger partial charge in [0, 0.05) is 11.1 Å². The molecule has 0 aliphatic carbocycles. The molecule has 0 fully saturated rings. The molecule has 2 rings (SSSR count). The van der Waals surface area contributed by atoms with E-state index in [-0.39, 0.29) is 5.78 Å². The number of carbonyl (C=O) groups excluding carboxylic acids is 1. The summed E-state index contributed by atoms with van der Waals surface area (Å²) in [5.74, 6) is 0.608. The maximum Gasteiger partial charge on any atom is 0.185 e. The highest BCUT2D eigenvalue weighted by Crippen LogP contribution is 2.19. The van der Waals surface area contributed by atoms with Crippen molar-refractivity contribution in [3.05, 3.63) is 71.3 Å².